The Balaban J connectivity index is 1.68. The van der Waals surface area contributed by atoms with Gasteiger partial charge in [0.2, 0.25) is 0 Å². The summed E-state index contributed by atoms with van der Waals surface area (Å²) in [6.07, 6.45) is 6.77. The number of hydrogen-bond donors (Lipinski definition) is 1. The Morgan fingerprint density at radius 2 is 2.24 bits per heavy atom. The molecule has 3 rings (SSSR count). The van der Waals surface area contributed by atoms with E-state index in [4.69, 9.17) is 0 Å². The van der Waals surface area contributed by atoms with Gasteiger partial charge in [0.1, 0.15) is 5.65 Å². The van der Waals surface area contributed by atoms with E-state index in [0.717, 1.165) is 24.4 Å². The zero-order valence-electron chi connectivity index (χ0n) is 9.91. The highest BCUT2D eigenvalue weighted by Gasteiger charge is 2.39. The third-order valence-corrected chi connectivity index (χ3v) is 4.26. The molecule has 0 spiro atoms. The maximum atomic E-state index is 4.58. The van der Waals surface area contributed by atoms with E-state index in [1.807, 2.05) is 0 Å². The molecule has 1 saturated carbocycles. The number of fused-ring (bicyclic) bond motifs is 1. The molecule has 0 radical (unpaired) electrons. The van der Waals surface area contributed by atoms with Crippen molar-refractivity contribution < 1.29 is 0 Å². The summed E-state index contributed by atoms with van der Waals surface area (Å²) in [5.41, 5.74) is 3.38. The Morgan fingerprint density at radius 3 is 3.00 bits per heavy atom. The van der Waals surface area contributed by atoms with Gasteiger partial charge in [-0.2, -0.15) is 0 Å². The molecule has 2 aromatic heterocycles. The van der Waals surface area contributed by atoms with Crippen molar-refractivity contribution in [2.75, 3.05) is 6.54 Å². The fourth-order valence-electron chi connectivity index (χ4n) is 1.97. The van der Waals surface area contributed by atoms with Gasteiger partial charge in [0, 0.05) is 29.8 Å². The average Bonchev–Trinajstić information content (AvgIpc) is 2.88. The highest BCUT2D eigenvalue weighted by Crippen LogP contribution is 2.43. The van der Waals surface area contributed by atoms with Crippen molar-refractivity contribution in [2.24, 2.45) is 0 Å². The molecule has 4 heteroatoms. The summed E-state index contributed by atoms with van der Waals surface area (Å²) in [7, 11) is 0. The molecule has 2 aromatic rings. The Labute approximate surface area is 109 Å². The van der Waals surface area contributed by atoms with Gasteiger partial charge in [-0.15, -0.1) is 0 Å². The van der Waals surface area contributed by atoms with Crippen LogP contribution in [0.4, 0.5) is 0 Å². The highest BCUT2D eigenvalue weighted by atomic mass is 79.9. The van der Waals surface area contributed by atoms with E-state index in [9.17, 15) is 0 Å². The van der Waals surface area contributed by atoms with E-state index in [1.165, 1.54) is 18.4 Å². The van der Waals surface area contributed by atoms with Crippen molar-refractivity contribution in [3.05, 3.63) is 35.8 Å². The third kappa shape index (κ3) is 2.53. The summed E-state index contributed by atoms with van der Waals surface area (Å²) in [4.78, 5) is 4.58. The minimum atomic E-state index is 0.378. The normalized spacial score (nSPS) is 17.5. The quantitative estimate of drug-likeness (QED) is 0.878. The molecule has 0 amide bonds. The van der Waals surface area contributed by atoms with E-state index in [2.05, 4.69) is 62.1 Å². The van der Waals surface area contributed by atoms with Gasteiger partial charge in [-0.05, 0) is 31.4 Å². The van der Waals surface area contributed by atoms with Crippen molar-refractivity contribution in [3.63, 3.8) is 0 Å². The number of alkyl halides is 1. The Bertz CT molecular complexity index is 543. The lowest BCUT2D eigenvalue weighted by molar-refractivity contribution is 0.660. The number of pyridine rings is 1. The van der Waals surface area contributed by atoms with Gasteiger partial charge in [-0.1, -0.05) is 22.0 Å². The van der Waals surface area contributed by atoms with Crippen LogP contribution in [0.2, 0.25) is 0 Å². The number of imidazole rings is 1. The van der Waals surface area contributed by atoms with Crippen LogP contribution in [0.15, 0.2) is 24.5 Å². The second-order valence-electron chi connectivity index (χ2n) is 4.96. The Kier molecular flexibility index (Phi) is 2.71. The van der Waals surface area contributed by atoms with Crippen LogP contribution in [0.5, 0.6) is 0 Å². The molecule has 0 unspecified atom stereocenters. The van der Waals surface area contributed by atoms with E-state index >= 15 is 0 Å². The number of nitrogens with zero attached hydrogens (tertiary/aromatic N) is 2. The summed E-state index contributed by atoms with van der Waals surface area (Å²) in [6, 6.07) is 4.16. The van der Waals surface area contributed by atoms with Crippen LogP contribution >= 0.6 is 15.9 Å². The maximum absolute atomic E-state index is 4.58. The van der Waals surface area contributed by atoms with E-state index < -0.39 is 0 Å². The SMILES string of the molecule is Cc1ccc2nc(CNCC3(Br)CC3)cn2c1. The van der Waals surface area contributed by atoms with Crippen LogP contribution in [0.3, 0.4) is 0 Å². The molecule has 3 nitrogen and oxygen atoms in total. The summed E-state index contributed by atoms with van der Waals surface area (Å²) in [5, 5.41) is 3.46. The van der Waals surface area contributed by atoms with Gasteiger partial charge in [0.05, 0.1) is 5.69 Å². The van der Waals surface area contributed by atoms with E-state index in [1.54, 1.807) is 0 Å². The standard InChI is InChI=1S/C13H16BrN3/c1-10-2-3-12-16-11(8-17(12)7-10)6-15-9-13(14)4-5-13/h2-3,7-8,15H,4-6,9H2,1H3. The van der Waals surface area contributed by atoms with Crippen LogP contribution < -0.4 is 5.32 Å². The average molecular weight is 294 g/mol. The van der Waals surface area contributed by atoms with Gasteiger partial charge < -0.3 is 9.72 Å². The van der Waals surface area contributed by atoms with Gasteiger partial charge in [-0.3, -0.25) is 0 Å². The highest BCUT2D eigenvalue weighted by molar-refractivity contribution is 9.10. The van der Waals surface area contributed by atoms with Crippen LogP contribution in [-0.2, 0) is 6.54 Å². The lowest BCUT2D eigenvalue weighted by Crippen LogP contribution is -2.23. The fourth-order valence-corrected chi connectivity index (χ4v) is 2.36. The predicted octanol–water partition coefficient (Wildman–Crippen LogP) is 2.66. The van der Waals surface area contributed by atoms with Gasteiger partial charge in [0.25, 0.3) is 0 Å². The minimum absolute atomic E-state index is 0.378. The zero-order valence-corrected chi connectivity index (χ0v) is 11.5. The predicted molar refractivity (Wildman–Crippen MR) is 72.5 cm³/mol. The number of hydrogen-bond acceptors (Lipinski definition) is 2. The van der Waals surface area contributed by atoms with Crippen molar-refractivity contribution in [1.82, 2.24) is 14.7 Å². The molecular weight excluding hydrogens is 278 g/mol. The molecule has 1 fully saturated rings. The first-order valence-corrected chi connectivity index (χ1v) is 6.78. The monoisotopic (exact) mass is 293 g/mol. The van der Waals surface area contributed by atoms with Crippen LogP contribution in [0.1, 0.15) is 24.1 Å². The summed E-state index contributed by atoms with van der Waals surface area (Å²) in [6.45, 7) is 3.97. The van der Waals surface area contributed by atoms with E-state index in [0.29, 0.717) is 4.32 Å². The van der Waals surface area contributed by atoms with E-state index in [-0.39, 0.29) is 0 Å². The summed E-state index contributed by atoms with van der Waals surface area (Å²) < 4.78 is 2.47. The smallest absolute Gasteiger partial charge is 0.137 e. The second-order valence-corrected chi connectivity index (χ2v) is 6.64. The molecule has 0 atom stereocenters. The molecular formula is C13H16BrN3. The molecule has 90 valence electrons. The number of aromatic nitrogens is 2. The van der Waals surface area contributed by atoms with Crippen molar-refractivity contribution in [1.29, 1.82) is 0 Å². The van der Waals surface area contributed by atoms with Crippen molar-refractivity contribution >= 4 is 21.6 Å². The Hall–Kier alpha value is -0.870. The lowest BCUT2D eigenvalue weighted by Gasteiger charge is -2.06. The molecule has 1 N–H and O–H groups in total. The summed E-state index contributed by atoms with van der Waals surface area (Å²) >= 11 is 3.72. The Morgan fingerprint density at radius 1 is 1.41 bits per heavy atom. The molecule has 0 bridgehead atoms. The summed E-state index contributed by atoms with van der Waals surface area (Å²) in [5.74, 6) is 0. The first-order chi connectivity index (χ1) is 8.15. The van der Waals surface area contributed by atoms with Crippen LogP contribution in [0.25, 0.3) is 5.65 Å². The number of aryl methyl sites for hydroxylation is 1. The molecule has 0 aromatic carbocycles. The first-order valence-electron chi connectivity index (χ1n) is 5.99. The minimum Gasteiger partial charge on any atom is -0.310 e. The fraction of sp³-hybridized carbons (Fsp3) is 0.462. The topological polar surface area (TPSA) is 29.3 Å². The number of halogens is 1. The van der Waals surface area contributed by atoms with Crippen molar-refractivity contribution in [3.8, 4) is 0 Å². The molecule has 0 aliphatic heterocycles. The molecule has 0 saturated heterocycles. The molecule has 2 heterocycles. The van der Waals surface area contributed by atoms with Crippen LogP contribution in [-0.4, -0.2) is 20.3 Å². The number of rotatable bonds is 4. The van der Waals surface area contributed by atoms with Gasteiger partial charge in [0.15, 0.2) is 0 Å². The zero-order chi connectivity index (χ0) is 11.9. The van der Waals surface area contributed by atoms with Gasteiger partial charge >= 0.3 is 0 Å². The molecule has 1 aliphatic rings. The third-order valence-electron chi connectivity index (χ3n) is 3.19. The lowest BCUT2D eigenvalue weighted by atomic mass is 10.3. The van der Waals surface area contributed by atoms with Gasteiger partial charge in [-0.25, -0.2) is 4.98 Å². The largest absolute Gasteiger partial charge is 0.310 e. The first kappa shape index (κ1) is 11.2. The molecule has 1 aliphatic carbocycles. The second kappa shape index (κ2) is 4.10. The number of nitrogens with one attached hydrogen (secondary N) is 1. The molecule has 17 heavy (non-hydrogen) atoms. The van der Waals surface area contributed by atoms with Crippen molar-refractivity contribution in [2.45, 2.75) is 30.6 Å². The maximum Gasteiger partial charge on any atom is 0.137 e. The van der Waals surface area contributed by atoms with Crippen LogP contribution in [0, 0.1) is 6.92 Å².